The molecule has 0 fully saturated rings. The van der Waals surface area contributed by atoms with Crippen LogP contribution in [0.1, 0.15) is 30.4 Å². The summed E-state index contributed by atoms with van der Waals surface area (Å²) in [5.41, 5.74) is -0.0442. The van der Waals surface area contributed by atoms with Crippen LogP contribution < -0.4 is 5.32 Å². The number of methoxy groups -OCH3 is 1. The van der Waals surface area contributed by atoms with Crippen molar-refractivity contribution in [3.63, 3.8) is 0 Å². The number of carbonyl (C=O) groups is 2. The van der Waals surface area contributed by atoms with Crippen LogP contribution in [0.5, 0.6) is 0 Å². The number of nitrogens with zero attached hydrogens (tertiary/aromatic N) is 5. The summed E-state index contributed by atoms with van der Waals surface area (Å²) in [6, 6.07) is -0.825. The lowest BCUT2D eigenvalue weighted by Gasteiger charge is -2.11. The van der Waals surface area contributed by atoms with Crippen LogP contribution in [0.2, 0.25) is 0 Å². The molecule has 0 saturated carbocycles. The molecule has 0 aromatic carbocycles. The Morgan fingerprint density at radius 1 is 1.46 bits per heavy atom. The molecule has 0 aliphatic carbocycles. The van der Waals surface area contributed by atoms with Gasteiger partial charge >= 0.3 is 11.7 Å². The molecule has 2 heterocycles. The highest BCUT2D eigenvalue weighted by Gasteiger charge is 2.23. The minimum absolute atomic E-state index is 0.0219. The first-order valence-electron chi connectivity index (χ1n) is 7.02. The smallest absolute Gasteiger partial charge is 0.360 e. The second-order valence-electron chi connectivity index (χ2n) is 4.84. The molecule has 2 rings (SSSR count). The molecule has 2 aromatic rings. The maximum atomic E-state index is 12.3. The van der Waals surface area contributed by atoms with E-state index >= 15 is 0 Å². The van der Waals surface area contributed by atoms with Crippen LogP contribution in [0.15, 0.2) is 18.6 Å². The van der Waals surface area contributed by atoms with Crippen molar-refractivity contribution in [2.24, 2.45) is 0 Å². The van der Waals surface area contributed by atoms with E-state index in [4.69, 9.17) is 0 Å². The third-order valence-electron chi connectivity index (χ3n) is 3.30. The molecule has 1 atom stereocenters. The van der Waals surface area contributed by atoms with Crippen molar-refractivity contribution in [2.75, 3.05) is 12.4 Å². The second kappa shape index (κ2) is 6.89. The van der Waals surface area contributed by atoms with Gasteiger partial charge in [0.1, 0.15) is 18.4 Å². The molecule has 0 aliphatic heterocycles. The first-order valence-corrected chi connectivity index (χ1v) is 7.02. The normalized spacial score (nSPS) is 11.8. The standard InChI is InChI=1S/C13H16N6O5/c1-4-17-7-10(11(16-17)13(21)24-3)15-12(20)8(2)18-6-9(5-14-18)19(22)23/h5-8H,4H2,1-3H3,(H,15,20). The highest BCUT2D eigenvalue weighted by Crippen LogP contribution is 2.18. The van der Waals surface area contributed by atoms with Gasteiger partial charge in [0.05, 0.1) is 17.7 Å². The molecule has 128 valence electrons. The molecular formula is C13H16N6O5. The maximum Gasteiger partial charge on any atom is 0.360 e. The highest BCUT2D eigenvalue weighted by atomic mass is 16.6. The summed E-state index contributed by atoms with van der Waals surface area (Å²) >= 11 is 0. The van der Waals surface area contributed by atoms with Gasteiger partial charge < -0.3 is 10.1 Å². The van der Waals surface area contributed by atoms with Gasteiger partial charge in [-0.1, -0.05) is 0 Å². The topological polar surface area (TPSA) is 134 Å². The van der Waals surface area contributed by atoms with E-state index in [-0.39, 0.29) is 17.1 Å². The number of aromatic nitrogens is 4. The first kappa shape index (κ1) is 17.1. The quantitative estimate of drug-likeness (QED) is 0.472. The van der Waals surface area contributed by atoms with E-state index < -0.39 is 22.8 Å². The summed E-state index contributed by atoms with van der Waals surface area (Å²) in [5.74, 6) is -1.19. The van der Waals surface area contributed by atoms with Gasteiger partial charge in [-0.05, 0) is 13.8 Å². The van der Waals surface area contributed by atoms with Crippen LogP contribution in [0.3, 0.4) is 0 Å². The number of rotatable bonds is 6. The van der Waals surface area contributed by atoms with Crippen LogP contribution >= 0.6 is 0 Å². The van der Waals surface area contributed by atoms with E-state index in [0.29, 0.717) is 6.54 Å². The molecule has 0 saturated heterocycles. The number of nitrogens with one attached hydrogen (secondary N) is 1. The van der Waals surface area contributed by atoms with Gasteiger partial charge in [-0.25, -0.2) is 4.79 Å². The summed E-state index contributed by atoms with van der Waals surface area (Å²) < 4.78 is 7.27. The lowest BCUT2D eigenvalue weighted by Crippen LogP contribution is -2.24. The SMILES string of the molecule is CCn1cc(NC(=O)C(C)n2cc([N+](=O)[O-])cn2)c(C(=O)OC)n1. The number of aryl methyl sites for hydroxylation is 1. The van der Waals surface area contributed by atoms with Gasteiger partial charge in [-0.15, -0.1) is 0 Å². The maximum absolute atomic E-state index is 12.3. The minimum Gasteiger partial charge on any atom is -0.464 e. The fourth-order valence-electron chi connectivity index (χ4n) is 1.91. The van der Waals surface area contributed by atoms with Crippen molar-refractivity contribution in [1.82, 2.24) is 19.6 Å². The van der Waals surface area contributed by atoms with Crippen molar-refractivity contribution in [2.45, 2.75) is 26.4 Å². The van der Waals surface area contributed by atoms with Crippen molar-refractivity contribution < 1.29 is 19.2 Å². The Labute approximate surface area is 136 Å². The summed E-state index contributed by atoms with van der Waals surface area (Å²) in [6.07, 6.45) is 3.71. The van der Waals surface area contributed by atoms with Crippen LogP contribution in [0.4, 0.5) is 11.4 Å². The third-order valence-corrected chi connectivity index (χ3v) is 3.30. The predicted molar refractivity (Wildman–Crippen MR) is 81.5 cm³/mol. The Bertz CT molecular complexity index is 780. The Hall–Kier alpha value is -3.24. The minimum atomic E-state index is -0.825. The van der Waals surface area contributed by atoms with E-state index in [1.807, 2.05) is 6.92 Å². The Morgan fingerprint density at radius 3 is 2.71 bits per heavy atom. The number of amides is 1. The lowest BCUT2D eigenvalue weighted by molar-refractivity contribution is -0.385. The number of hydrogen-bond acceptors (Lipinski definition) is 7. The van der Waals surface area contributed by atoms with Gasteiger partial charge in [0.2, 0.25) is 5.91 Å². The van der Waals surface area contributed by atoms with Gasteiger partial charge in [0, 0.05) is 12.7 Å². The van der Waals surface area contributed by atoms with Crippen LogP contribution in [-0.4, -0.2) is 43.5 Å². The van der Waals surface area contributed by atoms with Gasteiger partial charge in [-0.2, -0.15) is 10.2 Å². The molecule has 1 amide bonds. The highest BCUT2D eigenvalue weighted by molar-refractivity contribution is 6.00. The largest absolute Gasteiger partial charge is 0.464 e. The molecule has 0 bridgehead atoms. The number of ether oxygens (including phenoxy) is 1. The molecule has 24 heavy (non-hydrogen) atoms. The Morgan fingerprint density at radius 2 is 2.17 bits per heavy atom. The van der Waals surface area contributed by atoms with Crippen molar-refractivity contribution in [1.29, 1.82) is 0 Å². The van der Waals surface area contributed by atoms with Crippen LogP contribution in [-0.2, 0) is 16.1 Å². The van der Waals surface area contributed by atoms with Gasteiger partial charge in [-0.3, -0.25) is 24.3 Å². The summed E-state index contributed by atoms with van der Waals surface area (Å²) in [5, 5.41) is 21.1. The third kappa shape index (κ3) is 3.39. The van der Waals surface area contributed by atoms with E-state index in [9.17, 15) is 19.7 Å². The number of esters is 1. The molecule has 0 aliphatic rings. The second-order valence-corrected chi connectivity index (χ2v) is 4.84. The molecule has 1 N–H and O–H groups in total. The fourth-order valence-corrected chi connectivity index (χ4v) is 1.91. The van der Waals surface area contributed by atoms with Crippen LogP contribution in [0, 0.1) is 10.1 Å². The number of anilines is 1. The zero-order valence-electron chi connectivity index (χ0n) is 13.3. The molecule has 1 unspecified atom stereocenters. The van der Waals surface area contributed by atoms with E-state index in [2.05, 4.69) is 20.3 Å². The lowest BCUT2D eigenvalue weighted by atomic mass is 10.3. The molecule has 2 aromatic heterocycles. The molecule has 11 nitrogen and oxygen atoms in total. The van der Waals surface area contributed by atoms with Crippen molar-refractivity contribution in [3.8, 4) is 0 Å². The Balaban J connectivity index is 2.20. The zero-order chi connectivity index (χ0) is 17.9. The average molecular weight is 336 g/mol. The molecule has 0 spiro atoms. The number of carbonyl (C=O) groups excluding carboxylic acids is 2. The van der Waals surface area contributed by atoms with Crippen molar-refractivity contribution >= 4 is 23.3 Å². The summed E-state index contributed by atoms with van der Waals surface area (Å²) in [7, 11) is 1.21. The van der Waals surface area contributed by atoms with Crippen molar-refractivity contribution in [3.05, 3.63) is 34.4 Å². The first-order chi connectivity index (χ1) is 11.4. The van der Waals surface area contributed by atoms with E-state index in [1.54, 1.807) is 0 Å². The zero-order valence-corrected chi connectivity index (χ0v) is 13.3. The molecule has 11 heteroatoms. The molecule has 0 radical (unpaired) electrons. The van der Waals surface area contributed by atoms with Gasteiger partial charge in [0.25, 0.3) is 0 Å². The monoisotopic (exact) mass is 336 g/mol. The molecular weight excluding hydrogens is 320 g/mol. The number of nitro groups is 1. The summed E-state index contributed by atoms with van der Waals surface area (Å²) in [4.78, 5) is 34.1. The van der Waals surface area contributed by atoms with E-state index in [0.717, 1.165) is 17.1 Å². The van der Waals surface area contributed by atoms with Gasteiger partial charge in [0.15, 0.2) is 5.69 Å². The Kier molecular flexibility index (Phi) is 4.92. The fraction of sp³-hybridized carbons (Fsp3) is 0.385. The predicted octanol–water partition coefficient (Wildman–Crippen LogP) is 0.994. The number of hydrogen-bond donors (Lipinski definition) is 1. The van der Waals surface area contributed by atoms with Crippen LogP contribution in [0.25, 0.3) is 0 Å². The van der Waals surface area contributed by atoms with E-state index in [1.165, 1.54) is 24.9 Å². The summed E-state index contributed by atoms with van der Waals surface area (Å²) in [6.45, 7) is 3.85. The average Bonchev–Trinajstić information content (AvgIpc) is 3.20.